The van der Waals surface area contributed by atoms with Gasteiger partial charge in [0.05, 0.1) is 11.3 Å². The second-order valence-corrected chi connectivity index (χ2v) is 6.22. The molecular formula is C16H21N5O2. The van der Waals surface area contributed by atoms with Crippen LogP contribution in [0.2, 0.25) is 0 Å². The van der Waals surface area contributed by atoms with Gasteiger partial charge in [-0.1, -0.05) is 13.8 Å². The molecule has 1 fully saturated rings. The van der Waals surface area contributed by atoms with Gasteiger partial charge in [0.1, 0.15) is 6.33 Å². The molecule has 0 N–H and O–H groups in total. The van der Waals surface area contributed by atoms with Crippen LogP contribution in [-0.2, 0) is 4.79 Å². The number of hydrogen-bond acceptors (Lipinski definition) is 6. The third-order valence-electron chi connectivity index (χ3n) is 4.23. The largest absolute Gasteiger partial charge is 0.420 e. The van der Waals surface area contributed by atoms with E-state index in [0.29, 0.717) is 11.8 Å². The summed E-state index contributed by atoms with van der Waals surface area (Å²) in [6, 6.07) is 0. The van der Waals surface area contributed by atoms with Crippen molar-refractivity contribution in [1.82, 2.24) is 25.1 Å². The fourth-order valence-corrected chi connectivity index (χ4v) is 2.82. The summed E-state index contributed by atoms with van der Waals surface area (Å²) in [7, 11) is 0. The second-order valence-electron chi connectivity index (χ2n) is 6.22. The summed E-state index contributed by atoms with van der Waals surface area (Å²) < 4.78 is 5.83. The van der Waals surface area contributed by atoms with Crippen molar-refractivity contribution in [2.24, 2.45) is 5.92 Å². The standard InChI is InChI=1S/C16H21N5O2/c1-10(2)16(22)21-6-4-12(5-7-21)14-19-20-15(23-14)13-8-17-9-18-11(13)3/h8-10,12H,4-7H2,1-3H3. The molecule has 2 aromatic rings. The molecule has 0 unspecified atom stereocenters. The van der Waals surface area contributed by atoms with Crippen LogP contribution in [0.3, 0.4) is 0 Å². The predicted octanol–water partition coefficient (Wildman–Crippen LogP) is 2.20. The summed E-state index contributed by atoms with van der Waals surface area (Å²) in [6.45, 7) is 7.24. The van der Waals surface area contributed by atoms with Gasteiger partial charge in [-0.3, -0.25) is 4.79 Å². The van der Waals surface area contributed by atoms with Gasteiger partial charge in [0.2, 0.25) is 11.8 Å². The molecule has 0 spiro atoms. The second kappa shape index (κ2) is 6.44. The minimum atomic E-state index is 0.0441. The number of rotatable bonds is 3. The summed E-state index contributed by atoms with van der Waals surface area (Å²) >= 11 is 0. The highest BCUT2D eigenvalue weighted by atomic mass is 16.4. The van der Waals surface area contributed by atoms with Crippen LogP contribution >= 0.6 is 0 Å². The fourth-order valence-electron chi connectivity index (χ4n) is 2.82. The van der Waals surface area contributed by atoms with Crippen molar-refractivity contribution >= 4 is 5.91 Å². The number of carbonyl (C=O) groups excluding carboxylic acids is 1. The lowest BCUT2D eigenvalue weighted by Gasteiger charge is -2.31. The zero-order valence-corrected chi connectivity index (χ0v) is 13.7. The third kappa shape index (κ3) is 3.23. The normalized spacial score (nSPS) is 16.1. The molecule has 122 valence electrons. The van der Waals surface area contributed by atoms with E-state index < -0.39 is 0 Å². The van der Waals surface area contributed by atoms with Gasteiger partial charge >= 0.3 is 0 Å². The predicted molar refractivity (Wildman–Crippen MR) is 83.5 cm³/mol. The van der Waals surface area contributed by atoms with E-state index in [-0.39, 0.29) is 17.7 Å². The maximum Gasteiger partial charge on any atom is 0.251 e. The number of hydrogen-bond donors (Lipinski definition) is 0. The van der Waals surface area contributed by atoms with Crippen molar-refractivity contribution in [1.29, 1.82) is 0 Å². The molecule has 2 aromatic heterocycles. The molecule has 1 amide bonds. The summed E-state index contributed by atoms with van der Waals surface area (Å²) in [4.78, 5) is 22.1. The topological polar surface area (TPSA) is 85.0 Å². The van der Waals surface area contributed by atoms with Crippen molar-refractivity contribution in [3.8, 4) is 11.5 Å². The molecule has 0 aromatic carbocycles. The lowest BCUT2D eigenvalue weighted by Crippen LogP contribution is -2.40. The molecule has 1 aliphatic heterocycles. The van der Waals surface area contributed by atoms with Gasteiger partial charge in [-0.2, -0.15) is 0 Å². The number of amides is 1. The van der Waals surface area contributed by atoms with E-state index in [1.54, 1.807) is 6.20 Å². The Morgan fingerprint density at radius 3 is 2.70 bits per heavy atom. The first-order valence-corrected chi connectivity index (χ1v) is 7.95. The monoisotopic (exact) mass is 315 g/mol. The minimum Gasteiger partial charge on any atom is -0.420 e. The zero-order chi connectivity index (χ0) is 16.4. The number of carbonyl (C=O) groups is 1. The Hall–Kier alpha value is -2.31. The van der Waals surface area contributed by atoms with Crippen LogP contribution in [0.4, 0.5) is 0 Å². The van der Waals surface area contributed by atoms with Crippen LogP contribution in [0.25, 0.3) is 11.5 Å². The van der Waals surface area contributed by atoms with E-state index >= 15 is 0 Å². The Bertz CT molecular complexity index is 689. The van der Waals surface area contributed by atoms with E-state index in [9.17, 15) is 4.79 Å². The molecular weight excluding hydrogens is 294 g/mol. The average molecular weight is 315 g/mol. The summed E-state index contributed by atoms with van der Waals surface area (Å²) in [5.74, 6) is 1.56. The highest BCUT2D eigenvalue weighted by Gasteiger charge is 2.28. The van der Waals surface area contributed by atoms with Crippen LogP contribution in [0.15, 0.2) is 16.9 Å². The third-order valence-corrected chi connectivity index (χ3v) is 4.23. The molecule has 0 bridgehead atoms. The Kier molecular flexibility index (Phi) is 4.36. The number of nitrogens with zero attached hydrogens (tertiary/aromatic N) is 5. The van der Waals surface area contributed by atoms with E-state index in [0.717, 1.165) is 37.2 Å². The summed E-state index contributed by atoms with van der Waals surface area (Å²) in [5.41, 5.74) is 1.58. The fraction of sp³-hybridized carbons (Fsp3) is 0.562. The van der Waals surface area contributed by atoms with Crippen LogP contribution in [-0.4, -0.2) is 44.1 Å². The van der Waals surface area contributed by atoms with Crippen LogP contribution in [0.5, 0.6) is 0 Å². The minimum absolute atomic E-state index is 0.0441. The van der Waals surface area contributed by atoms with Crippen LogP contribution in [0, 0.1) is 12.8 Å². The Morgan fingerprint density at radius 2 is 2.04 bits per heavy atom. The SMILES string of the molecule is Cc1ncncc1-c1nnc(C2CCN(C(=O)C(C)C)CC2)o1. The van der Waals surface area contributed by atoms with Crippen molar-refractivity contribution in [3.05, 3.63) is 24.1 Å². The average Bonchev–Trinajstić information content (AvgIpc) is 3.04. The molecule has 0 atom stereocenters. The van der Waals surface area contributed by atoms with Gasteiger partial charge in [0.15, 0.2) is 0 Å². The van der Waals surface area contributed by atoms with E-state index in [4.69, 9.17) is 4.42 Å². The zero-order valence-electron chi connectivity index (χ0n) is 13.7. The van der Waals surface area contributed by atoms with Crippen LogP contribution in [0.1, 0.15) is 44.2 Å². The van der Waals surface area contributed by atoms with Crippen LogP contribution < -0.4 is 0 Å². The van der Waals surface area contributed by atoms with E-state index in [1.807, 2.05) is 25.7 Å². The van der Waals surface area contributed by atoms with Gasteiger partial charge in [-0.25, -0.2) is 9.97 Å². The first kappa shape index (κ1) is 15.6. The van der Waals surface area contributed by atoms with Gasteiger partial charge in [0.25, 0.3) is 5.89 Å². The first-order chi connectivity index (χ1) is 11.1. The molecule has 1 saturated heterocycles. The Balaban J connectivity index is 1.68. The molecule has 3 heterocycles. The van der Waals surface area contributed by atoms with Crippen molar-refractivity contribution < 1.29 is 9.21 Å². The highest BCUT2D eigenvalue weighted by molar-refractivity contribution is 5.78. The number of aryl methyl sites for hydroxylation is 1. The maximum atomic E-state index is 12.0. The maximum absolute atomic E-state index is 12.0. The molecule has 23 heavy (non-hydrogen) atoms. The molecule has 3 rings (SSSR count). The highest BCUT2D eigenvalue weighted by Crippen LogP contribution is 2.30. The quantitative estimate of drug-likeness (QED) is 0.863. The van der Waals surface area contributed by atoms with Gasteiger partial charge < -0.3 is 9.32 Å². The van der Waals surface area contributed by atoms with Crippen molar-refractivity contribution in [2.75, 3.05) is 13.1 Å². The lowest BCUT2D eigenvalue weighted by molar-refractivity contribution is -0.135. The Labute approximate surface area is 135 Å². The first-order valence-electron chi connectivity index (χ1n) is 7.95. The molecule has 0 radical (unpaired) electrons. The van der Waals surface area contributed by atoms with Gasteiger partial charge in [0, 0.05) is 31.1 Å². The lowest BCUT2D eigenvalue weighted by atomic mass is 9.96. The van der Waals surface area contributed by atoms with Gasteiger partial charge in [-0.15, -0.1) is 10.2 Å². The molecule has 0 saturated carbocycles. The van der Waals surface area contributed by atoms with Crippen molar-refractivity contribution in [3.63, 3.8) is 0 Å². The molecule has 0 aliphatic carbocycles. The summed E-state index contributed by atoms with van der Waals surface area (Å²) in [5, 5.41) is 8.31. The number of likely N-dealkylation sites (tertiary alicyclic amines) is 1. The molecule has 7 nitrogen and oxygen atoms in total. The number of piperidine rings is 1. The Morgan fingerprint density at radius 1 is 1.30 bits per heavy atom. The smallest absolute Gasteiger partial charge is 0.251 e. The van der Waals surface area contributed by atoms with E-state index in [1.165, 1.54) is 6.33 Å². The molecule has 7 heteroatoms. The molecule has 1 aliphatic rings. The van der Waals surface area contributed by atoms with E-state index in [2.05, 4.69) is 20.2 Å². The van der Waals surface area contributed by atoms with Crippen molar-refractivity contribution in [2.45, 2.75) is 39.5 Å². The summed E-state index contributed by atoms with van der Waals surface area (Å²) in [6.07, 6.45) is 4.88. The van der Waals surface area contributed by atoms with Gasteiger partial charge in [-0.05, 0) is 19.8 Å². The number of aromatic nitrogens is 4.